The number of aromatic nitrogens is 1. The van der Waals surface area contributed by atoms with Crippen LogP contribution in [0, 0.1) is 0 Å². The Morgan fingerprint density at radius 3 is 2.56 bits per heavy atom. The van der Waals surface area contributed by atoms with Gasteiger partial charge in [-0.25, -0.2) is 0 Å². The highest BCUT2D eigenvalue weighted by Crippen LogP contribution is 2.18. The van der Waals surface area contributed by atoms with Crippen LogP contribution in [0.3, 0.4) is 0 Å². The van der Waals surface area contributed by atoms with Gasteiger partial charge in [0.2, 0.25) is 0 Å². The number of nitrogens with zero attached hydrogens (tertiary/aromatic N) is 1. The topological polar surface area (TPSA) is 56.0 Å². The monoisotopic (exact) mass is 218 g/mol. The van der Waals surface area contributed by atoms with Crippen LogP contribution in [0.1, 0.15) is 53.7 Å². The van der Waals surface area contributed by atoms with Crippen molar-refractivity contribution in [3.63, 3.8) is 0 Å². The van der Waals surface area contributed by atoms with E-state index in [-0.39, 0.29) is 5.91 Å². The molecular formula is C13H18N2O. The molecule has 0 saturated heterocycles. The van der Waals surface area contributed by atoms with Crippen molar-refractivity contribution in [1.29, 1.82) is 0 Å². The van der Waals surface area contributed by atoms with Gasteiger partial charge in [-0.3, -0.25) is 9.78 Å². The zero-order chi connectivity index (χ0) is 11.4. The van der Waals surface area contributed by atoms with Crippen molar-refractivity contribution in [2.45, 2.75) is 44.9 Å². The maximum Gasteiger partial charge on any atom is 0.250 e. The van der Waals surface area contributed by atoms with Gasteiger partial charge in [-0.1, -0.05) is 19.3 Å². The molecule has 3 nitrogen and oxygen atoms in total. The van der Waals surface area contributed by atoms with Crippen LogP contribution in [0.2, 0.25) is 0 Å². The summed E-state index contributed by atoms with van der Waals surface area (Å²) in [5.41, 5.74) is 8.13. The summed E-state index contributed by atoms with van der Waals surface area (Å²) in [5.74, 6) is -0.355. The fourth-order valence-electron chi connectivity index (χ4n) is 2.26. The summed E-state index contributed by atoms with van der Waals surface area (Å²) < 4.78 is 0. The molecule has 0 saturated carbocycles. The normalized spacial score (nSPS) is 16.8. The molecule has 1 amide bonds. The fourth-order valence-corrected chi connectivity index (χ4v) is 2.26. The van der Waals surface area contributed by atoms with E-state index in [2.05, 4.69) is 11.1 Å². The molecule has 16 heavy (non-hydrogen) atoms. The minimum absolute atomic E-state index is 0.355. The Hall–Kier alpha value is -1.38. The number of pyridine rings is 1. The van der Waals surface area contributed by atoms with E-state index in [1.54, 1.807) is 6.20 Å². The predicted molar refractivity (Wildman–Crippen MR) is 63.2 cm³/mol. The maximum absolute atomic E-state index is 11.3. The van der Waals surface area contributed by atoms with Crippen LogP contribution in [-0.4, -0.2) is 10.9 Å². The second kappa shape index (κ2) is 5.10. The molecule has 1 aromatic rings. The van der Waals surface area contributed by atoms with Gasteiger partial charge in [-0.05, 0) is 37.3 Å². The fraction of sp³-hybridized carbons (Fsp3) is 0.538. The van der Waals surface area contributed by atoms with Crippen LogP contribution in [0.25, 0.3) is 0 Å². The predicted octanol–water partition coefficient (Wildman–Crippen LogP) is 2.23. The molecular weight excluding hydrogens is 200 g/mol. The quantitative estimate of drug-likeness (QED) is 0.785. The standard InChI is InChI=1S/C13H18N2O/c14-13(16)12-9-15-11-7-5-3-1-2-4-6-10(12)8-11/h8-9H,1-7H2,(H2,14,16). The van der Waals surface area contributed by atoms with Gasteiger partial charge in [0.05, 0.1) is 5.56 Å². The molecule has 2 bridgehead atoms. The first-order chi connectivity index (χ1) is 7.77. The zero-order valence-corrected chi connectivity index (χ0v) is 9.54. The second-order valence-electron chi connectivity index (χ2n) is 4.46. The molecule has 0 radical (unpaired) electrons. The number of hydrogen-bond acceptors (Lipinski definition) is 2. The third kappa shape index (κ3) is 2.60. The highest BCUT2D eigenvalue weighted by Gasteiger charge is 2.11. The van der Waals surface area contributed by atoms with Crippen LogP contribution in [0.5, 0.6) is 0 Å². The first-order valence-corrected chi connectivity index (χ1v) is 6.05. The first kappa shape index (κ1) is 11.1. The van der Waals surface area contributed by atoms with Gasteiger partial charge < -0.3 is 5.73 Å². The lowest BCUT2D eigenvalue weighted by atomic mass is 9.97. The molecule has 2 N–H and O–H groups in total. The van der Waals surface area contributed by atoms with Gasteiger partial charge in [-0.2, -0.15) is 0 Å². The average Bonchev–Trinajstić information content (AvgIpc) is 2.27. The van der Waals surface area contributed by atoms with Crippen LogP contribution < -0.4 is 5.73 Å². The van der Waals surface area contributed by atoms with Crippen LogP contribution in [0.15, 0.2) is 12.3 Å². The Balaban J connectivity index is 2.30. The summed E-state index contributed by atoms with van der Waals surface area (Å²) in [6.07, 6.45) is 9.78. The van der Waals surface area contributed by atoms with Gasteiger partial charge in [0, 0.05) is 11.9 Å². The van der Waals surface area contributed by atoms with Gasteiger partial charge in [0.1, 0.15) is 0 Å². The molecule has 1 heterocycles. The first-order valence-electron chi connectivity index (χ1n) is 6.05. The largest absolute Gasteiger partial charge is 0.366 e. The van der Waals surface area contributed by atoms with Crippen molar-refractivity contribution in [3.05, 3.63) is 29.1 Å². The van der Waals surface area contributed by atoms with Gasteiger partial charge >= 0.3 is 0 Å². The molecule has 86 valence electrons. The summed E-state index contributed by atoms with van der Waals surface area (Å²) in [6.45, 7) is 0. The number of amides is 1. The SMILES string of the molecule is NC(=O)c1cnc2cc1CCCCCCC2. The molecule has 1 aliphatic rings. The molecule has 0 spiro atoms. The minimum atomic E-state index is -0.355. The lowest BCUT2D eigenvalue weighted by Gasteiger charge is -2.11. The number of rotatable bonds is 1. The molecule has 2 rings (SSSR count). The number of primary amides is 1. The van der Waals surface area contributed by atoms with Crippen molar-refractivity contribution < 1.29 is 4.79 Å². The Kier molecular flexibility index (Phi) is 3.54. The average molecular weight is 218 g/mol. The zero-order valence-electron chi connectivity index (χ0n) is 9.54. The van der Waals surface area contributed by atoms with Crippen LogP contribution >= 0.6 is 0 Å². The van der Waals surface area contributed by atoms with E-state index in [1.165, 1.54) is 25.7 Å². The highest BCUT2D eigenvalue weighted by atomic mass is 16.1. The maximum atomic E-state index is 11.3. The molecule has 0 aromatic carbocycles. The molecule has 0 atom stereocenters. The van der Waals surface area contributed by atoms with Crippen LogP contribution in [-0.2, 0) is 12.8 Å². The van der Waals surface area contributed by atoms with E-state index in [1.807, 2.05) is 0 Å². The van der Waals surface area contributed by atoms with E-state index < -0.39 is 0 Å². The summed E-state index contributed by atoms with van der Waals surface area (Å²) in [4.78, 5) is 15.6. The Labute approximate surface area is 96.1 Å². The Bertz CT molecular complexity index is 388. The number of carbonyl (C=O) groups is 1. The Morgan fingerprint density at radius 2 is 1.81 bits per heavy atom. The van der Waals surface area contributed by atoms with Gasteiger partial charge in [-0.15, -0.1) is 0 Å². The molecule has 1 aliphatic carbocycles. The van der Waals surface area contributed by atoms with Crippen molar-refractivity contribution in [2.75, 3.05) is 0 Å². The van der Waals surface area contributed by atoms with E-state index in [9.17, 15) is 4.79 Å². The van der Waals surface area contributed by atoms with Crippen molar-refractivity contribution in [2.24, 2.45) is 5.73 Å². The summed E-state index contributed by atoms with van der Waals surface area (Å²) >= 11 is 0. The molecule has 0 aliphatic heterocycles. The summed E-state index contributed by atoms with van der Waals surface area (Å²) in [7, 11) is 0. The molecule has 1 aromatic heterocycles. The third-order valence-corrected chi connectivity index (χ3v) is 3.19. The summed E-state index contributed by atoms with van der Waals surface area (Å²) in [6, 6.07) is 2.06. The third-order valence-electron chi connectivity index (χ3n) is 3.19. The number of fused-ring (bicyclic) bond motifs is 2. The van der Waals surface area contributed by atoms with Crippen molar-refractivity contribution in [1.82, 2.24) is 4.98 Å². The molecule has 0 fully saturated rings. The molecule has 3 heteroatoms. The summed E-state index contributed by atoms with van der Waals surface area (Å²) in [5, 5.41) is 0. The molecule has 0 unspecified atom stereocenters. The smallest absolute Gasteiger partial charge is 0.250 e. The number of aryl methyl sites for hydroxylation is 2. The minimum Gasteiger partial charge on any atom is -0.366 e. The van der Waals surface area contributed by atoms with Gasteiger partial charge in [0.15, 0.2) is 0 Å². The number of hydrogen-bond donors (Lipinski definition) is 1. The lowest BCUT2D eigenvalue weighted by molar-refractivity contribution is 0.0999. The van der Waals surface area contributed by atoms with E-state index in [0.717, 1.165) is 30.5 Å². The highest BCUT2D eigenvalue weighted by molar-refractivity contribution is 5.94. The number of nitrogens with two attached hydrogens (primary N) is 1. The van der Waals surface area contributed by atoms with Crippen molar-refractivity contribution in [3.8, 4) is 0 Å². The van der Waals surface area contributed by atoms with Crippen LogP contribution in [0.4, 0.5) is 0 Å². The van der Waals surface area contributed by atoms with E-state index in [4.69, 9.17) is 5.73 Å². The second-order valence-corrected chi connectivity index (χ2v) is 4.46. The van der Waals surface area contributed by atoms with E-state index in [0.29, 0.717) is 5.56 Å². The lowest BCUT2D eigenvalue weighted by Crippen LogP contribution is -2.15. The Morgan fingerprint density at radius 1 is 1.12 bits per heavy atom. The van der Waals surface area contributed by atoms with Gasteiger partial charge in [0.25, 0.3) is 5.91 Å². The van der Waals surface area contributed by atoms with Crippen molar-refractivity contribution >= 4 is 5.91 Å². The number of carbonyl (C=O) groups excluding carboxylic acids is 1. The van der Waals surface area contributed by atoms with E-state index >= 15 is 0 Å².